The van der Waals surface area contributed by atoms with Gasteiger partial charge < -0.3 is 10.4 Å². The monoisotopic (exact) mass is 438 g/mol. The molecule has 18 nitrogen and oxygen atoms in total. The molecular formula is C13H6N6O12. The maximum absolute atomic E-state index is 11.5. The lowest BCUT2D eigenvalue weighted by Gasteiger charge is -2.11. The number of rotatable bonds is 8. The molecule has 0 bridgehead atoms. The summed E-state index contributed by atoms with van der Waals surface area (Å²) in [5, 5.41) is 67.0. The Labute approximate surface area is 167 Å². The summed E-state index contributed by atoms with van der Waals surface area (Å²) in [6, 6.07) is 1.35. The molecule has 2 aromatic rings. The van der Waals surface area contributed by atoms with Gasteiger partial charge in [0.2, 0.25) is 0 Å². The van der Waals surface area contributed by atoms with Crippen LogP contribution < -0.4 is 5.32 Å². The van der Waals surface area contributed by atoms with Crippen LogP contribution in [0.4, 0.5) is 39.8 Å². The molecular weight excluding hydrogens is 432 g/mol. The number of carboxylic acid groups (broad SMARTS) is 1. The van der Waals surface area contributed by atoms with Gasteiger partial charge in [0, 0.05) is 6.07 Å². The van der Waals surface area contributed by atoms with E-state index in [1.807, 2.05) is 5.32 Å². The minimum Gasteiger partial charge on any atom is -0.478 e. The minimum atomic E-state index is -1.94. The topological polar surface area (TPSA) is 265 Å². The number of carbonyl (C=O) groups is 1. The predicted octanol–water partition coefficient (Wildman–Crippen LogP) is 2.67. The molecule has 160 valence electrons. The highest BCUT2D eigenvalue weighted by Gasteiger charge is 2.35. The van der Waals surface area contributed by atoms with Crippen molar-refractivity contribution in [3.8, 4) is 0 Å². The third-order valence-corrected chi connectivity index (χ3v) is 3.68. The van der Waals surface area contributed by atoms with Gasteiger partial charge in [-0.15, -0.1) is 0 Å². The first-order valence-corrected chi connectivity index (χ1v) is 7.43. The summed E-state index contributed by atoms with van der Waals surface area (Å²) in [6.45, 7) is 0. The summed E-state index contributed by atoms with van der Waals surface area (Å²) in [5.41, 5.74) is -9.13. The van der Waals surface area contributed by atoms with Gasteiger partial charge in [0.05, 0.1) is 48.4 Å². The lowest BCUT2D eigenvalue weighted by atomic mass is 10.1. The van der Waals surface area contributed by atoms with Crippen LogP contribution in [0.2, 0.25) is 0 Å². The van der Waals surface area contributed by atoms with E-state index >= 15 is 0 Å². The van der Waals surface area contributed by atoms with Crippen molar-refractivity contribution in [1.29, 1.82) is 0 Å². The van der Waals surface area contributed by atoms with Gasteiger partial charge in [0.25, 0.3) is 17.1 Å². The zero-order valence-corrected chi connectivity index (χ0v) is 14.5. The van der Waals surface area contributed by atoms with E-state index in [0.717, 1.165) is 0 Å². The summed E-state index contributed by atoms with van der Waals surface area (Å²) in [4.78, 5) is 61.2. The Balaban J connectivity index is 2.93. The van der Waals surface area contributed by atoms with Gasteiger partial charge in [-0.1, -0.05) is 0 Å². The van der Waals surface area contributed by atoms with Crippen molar-refractivity contribution in [2.45, 2.75) is 0 Å². The maximum Gasteiger partial charge on any atom is 0.338 e. The van der Waals surface area contributed by atoms with E-state index < -0.39 is 76.0 Å². The number of benzene rings is 2. The highest BCUT2D eigenvalue weighted by molar-refractivity contribution is 6.00. The summed E-state index contributed by atoms with van der Waals surface area (Å²) in [5.74, 6) is -1.94. The SMILES string of the molecule is O=C(O)c1cc([N+](=O)[O-])cc([N+](=O)[O-])c1Nc1c([N+](=O)[O-])cc([N+](=O)[O-])cc1[N+](=O)[O-]. The lowest BCUT2D eigenvalue weighted by molar-refractivity contribution is -0.401. The van der Waals surface area contributed by atoms with Crippen molar-refractivity contribution in [3.05, 3.63) is 80.4 Å². The molecule has 2 rings (SSSR count). The molecule has 0 saturated carbocycles. The molecule has 2 N–H and O–H groups in total. The Hall–Kier alpha value is -5.29. The highest BCUT2D eigenvalue weighted by Crippen LogP contribution is 2.43. The van der Waals surface area contributed by atoms with E-state index in [0.29, 0.717) is 24.3 Å². The molecule has 2 aromatic carbocycles. The minimum absolute atomic E-state index is 0.312. The number of hydrogen-bond donors (Lipinski definition) is 2. The Morgan fingerprint density at radius 1 is 0.645 bits per heavy atom. The zero-order chi connectivity index (χ0) is 23.6. The first-order valence-electron chi connectivity index (χ1n) is 7.43. The molecule has 0 atom stereocenters. The average molecular weight is 438 g/mol. The molecule has 31 heavy (non-hydrogen) atoms. The molecule has 0 heterocycles. The van der Waals surface area contributed by atoms with Crippen LogP contribution in [-0.2, 0) is 0 Å². The van der Waals surface area contributed by atoms with Gasteiger partial charge in [0.1, 0.15) is 5.69 Å². The van der Waals surface area contributed by atoms with Gasteiger partial charge in [-0.3, -0.25) is 50.6 Å². The molecule has 0 amide bonds. The van der Waals surface area contributed by atoms with Crippen molar-refractivity contribution in [3.63, 3.8) is 0 Å². The molecule has 0 spiro atoms. The van der Waals surface area contributed by atoms with Gasteiger partial charge in [-0.25, -0.2) is 4.79 Å². The fourth-order valence-corrected chi connectivity index (χ4v) is 2.41. The number of nitrogens with zero attached hydrogens (tertiary/aromatic N) is 5. The Morgan fingerprint density at radius 3 is 1.32 bits per heavy atom. The number of nitrogens with one attached hydrogen (secondary N) is 1. The molecule has 0 saturated heterocycles. The molecule has 18 heteroatoms. The summed E-state index contributed by atoms with van der Waals surface area (Å²) in [6.07, 6.45) is 0. The van der Waals surface area contributed by atoms with Gasteiger partial charge in [-0.05, 0) is 0 Å². The fraction of sp³-hybridized carbons (Fsp3) is 0. The van der Waals surface area contributed by atoms with E-state index in [1.165, 1.54) is 0 Å². The number of aromatic carboxylic acids is 1. The number of anilines is 2. The molecule has 0 radical (unpaired) electrons. The largest absolute Gasteiger partial charge is 0.478 e. The first-order chi connectivity index (χ1) is 14.3. The number of non-ortho nitro benzene ring substituents is 2. The molecule has 0 aliphatic rings. The van der Waals surface area contributed by atoms with Gasteiger partial charge in [-0.2, -0.15) is 0 Å². The van der Waals surface area contributed by atoms with E-state index in [-0.39, 0.29) is 0 Å². The van der Waals surface area contributed by atoms with Crippen LogP contribution in [-0.4, -0.2) is 35.7 Å². The Kier molecular flexibility index (Phi) is 5.67. The fourth-order valence-electron chi connectivity index (χ4n) is 2.41. The second kappa shape index (κ2) is 7.98. The van der Waals surface area contributed by atoms with Gasteiger partial charge >= 0.3 is 17.3 Å². The van der Waals surface area contributed by atoms with Crippen molar-refractivity contribution in [2.24, 2.45) is 0 Å². The normalized spacial score (nSPS) is 10.2. The van der Waals surface area contributed by atoms with E-state index in [4.69, 9.17) is 0 Å². The van der Waals surface area contributed by atoms with Crippen LogP contribution >= 0.6 is 0 Å². The van der Waals surface area contributed by atoms with Crippen molar-refractivity contribution in [1.82, 2.24) is 0 Å². The van der Waals surface area contributed by atoms with Crippen LogP contribution in [0.25, 0.3) is 0 Å². The number of hydrogen-bond acceptors (Lipinski definition) is 12. The summed E-state index contributed by atoms with van der Waals surface area (Å²) < 4.78 is 0. The van der Waals surface area contributed by atoms with Gasteiger partial charge in [0.15, 0.2) is 5.69 Å². The van der Waals surface area contributed by atoms with Crippen LogP contribution in [0.15, 0.2) is 24.3 Å². The number of nitro benzene ring substituents is 5. The third kappa shape index (κ3) is 4.26. The summed E-state index contributed by atoms with van der Waals surface area (Å²) >= 11 is 0. The molecule has 0 fully saturated rings. The van der Waals surface area contributed by atoms with Crippen molar-refractivity contribution in [2.75, 3.05) is 5.32 Å². The van der Waals surface area contributed by atoms with Crippen LogP contribution in [0.1, 0.15) is 10.4 Å². The highest BCUT2D eigenvalue weighted by atomic mass is 16.6. The zero-order valence-electron chi connectivity index (χ0n) is 14.5. The second-order valence-corrected chi connectivity index (χ2v) is 5.46. The van der Waals surface area contributed by atoms with Crippen LogP contribution in [0.5, 0.6) is 0 Å². The standard InChI is InChI=1S/C13H6N6O12/c20-13(21)7-1-5(15(22)23)2-8(17(26)27)11(7)14-12-9(18(28)29)3-6(16(24)25)4-10(12)19(30)31/h1-4,14H,(H,20,21). The molecule has 0 aromatic heterocycles. The third-order valence-electron chi connectivity index (χ3n) is 3.68. The van der Waals surface area contributed by atoms with E-state index in [2.05, 4.69) is 0 Å². The second-order valence-electron chi connectivity index (χ2n) is 5.46. The summed E-state index contributed by atoms with van der Waals surface area (Å²) in [7, 11) is 0. The number of carboxylic acids is 1. The molecule has 0 aliphatic heterocycles. The molecule has 0 unspecified atom stereocenters. The predicted molar refractivity (Wildman–Crippen MR) is 96.4 cm³/mol. The lowest BCUT2D eigenvalue weighted by Crippen LogP contribution is -2.10. The van der Waals surface area contributed by atoms with E-state index in [9.17, 15) is 60.5 Å². The smallest absolute Gasteiger partial charge is 0.338 e. The van der Waals surface area contributed by atoms with Crippen molar-refractivity contribution >= 4 is 45.8 Å². The quantitative estimate of drug-likeness (QED) is 0.443. The van der Waals surface area contributed by atoms with E-state index in [1.54, 1.807) is 0 Å². The Morgan fingerprint density at radius 2 is 1.00 bits per heavy atom. The maximum atomic E-state index is 11.5. The number of nitro groups is 5. The van der Waals surface area contributed by atoms with Crippen LogP contribution in [0.3, 0.4) is 0 Å². The average Bonchev–Trinajstić information content (AvgIpc) is 2.66. The Bertz CT molecular complexity index is 1030. The van der Waals surface area contributed by atoms with Crippen LogP contribution in [0, 0.1) is 50.6 Å². The molecule has 0 aliphatic carbocycles. The first kappa shape index (κ1) is 22.0. The van der Waals surface area contributed by atoms with Crippen molar-refractivity contribution < 1.29 is 34.5 Å².